The Morgan fingerprint density at radius 3 is 2.45 bits per heavy atom. The van der Waals surface area contributed by atoms with Crippen LogP contribution in [0.1, 0.15) is 0 Å². The quantitative estimate of drug-likeness (QED) is 0.428. The maximum absolute atomic E-state index is 10.5. The molecular weight excluding hydrogens is 267 g/mol. The highest BCUT2D eigenvalue weighted by Gasteiger charge is 2.49. The third kappa shape index (κ3) is 2.25. The molecular formula is C12H16BO7-. The maximum atomic E-state index is 10.5. The van der Waals surface area contributed by atoms with Gasteiger partial charge in [-0.1, -0.05) is 30.3 Å². The van der Waals surface area contributed by atoms with Crippen molar-refractivity contribution in [2.75, 3.05) is 6.61 Å². The van der Waals surface area contributed by atoms with Crippen LogP contribution in [0.2, 0.25) is 0 Å². The lowest BCUT2D eigenvalue weighted by Gasteiger charge is -2.53. The van der Waals surface area contributed by atoms with Gasteiger partial charge in [-0.2, -0.15) is 0 Å². The van der Waals surface area contributed by atoms with Crippen LogP contribution in [0.15, 0.2) is 30.3 Å². The van der Waals surface area contributed by atoms with Crippen molar-refractivity contribution >= 4 is 12.2 Å². The minimum absolute atomic E-state index is 0.0586. The molecule has 2 heterocycles. The Labute approximate surface area is 115 Å². The summed E-state index contributed by atoms with van der Waals surface area (Å²) >= 11 is 0. The Morgan fingerprint density at radius 1 is 1.05 bits per heavy atom. The standard InChI is InChI=1S/C12H16BO7/c14-9-10(15)12(16)19-8-6-18-13(17,20-11(8)9)7-4-2-1-3-5-7/h1-5,8-12,14-17H,6H2/q-1/t8?,9-,10+,11-,12?,13?/m1/s1. The molecule has 0 amide bonds. The second-order valence-electron chi connectivity index (χ2n) is 5.06. The highest BCUT2D eigenvalue weighted by molar-refractivity contribution is 6.74. The summed E-state index contributed by atoms with van der Waals surface area (Å²) in [5, 5.41) is 39.4. The molecule has 0 bridgehead atoms. The van der Waals surface area contributed by atoms with Crippen molar-refractivity contribution in [1.29, 1.82) is 0 Å². The van der Waals surface area contributed by atoms with Crippen LogP contribution in [0, 0.1) is 0 Å². The summed E-state index contributed by atoms with van der Waals surface area (Å²) in [5.41, 5.74) is 0.429. The van der Waals surface area contributed by atoms with Crippen molar-refractivity contribution < 1.29 is 34.4 Å². The molecule has 0 spiro atoms. The first-order valence-corrected chi connectivity index (χ1v) is 6.44. The molecule has 8 heteroatoms. The van der Waals surface area contributed by atoms with Gasteiger partial charge in [0.2, 0.25) is 0 Å². The van der Waals surface area contributed by atoms with Gasteiger partial charge >= 0.3 is 6.75 Å². The van der Waals surface area contributed by atoms with Crippen molar-refractivity contribution in [3.05, 3.63) is 30.3 Å². The molecule has 2 fully saturated rings. The predicted octanol–water partition coefficient (Wildman–Crippen LogP) is -2.32. The average Bonchev–Trinajstić information content (AvgIpc) is 2.47. The normalized spacial score (nSPS) is 44.9. The van der Waals surface area contributed by atoms with Gasteiger partial charge in [0.1, 0.15) is 18.3 Å². The van der Waals surface area contributed by atoms with E-state index in [-0.39, 0.29) is 6.61 Å². The topological polar surface area (TPSA) is 109 Å². The van der Waals surface area contributed by atoms with Gasteiger partial charge in [-0.3, -0.25) is 0 Å². The molecule has 7 nitrogen and oxygen atoms in total. The minimum atomic E-state index is -2.75. The Bertz CT molecular complexity index is 470. The van der Waals surface area contributed by atoms with E-state index in [1.807, 2.05) is 0 Å². The summed E-state index contributed by atoms with van der Waals surface area (Å²) in [4.78, 5) is 0. The summed E-state index contributed by atoms with van der Waals surface area (Å²) in [6.07, 6.45) is -6.11. The van der Waals surface area contributed by atoms with Crippen LogP contribution in [0.3, 0.4) is 0 Å². The van der Waals surface area contributed by atoms with Gasteiger partial charge in [-0.15, -0.1) is 5.46 Å². The molecule has 2 aliphatic rings. The number of aliphatic hydroxyl groups is 3. The molecule has 2 saturated heterocycles. The molecule has 0 radical (unpaired) electrons. The van der Waals surface area contributed by atoms with Gasteiger partial charge in [0.25, 0.3) is 0 Å². The molecule has 1 aromatic rings. The van der Waals surface area contributed by atoms with Crippen LogP contribution in [0.5, 0.6) is 0 Å². The third-order valence-corrected chi connectivity index (χ3v) is 3.71. The van der Waals surface area contributed by atoms with E-state index in [4.69, 9.17) is 14.0 Å². The molecule has 6 atom stereocenters. The van der Waals surface area contributed by atoms with E-state index in [0.717, 1.165) is 0 Å². The molecule has 0 aliphatic carbocycles. The Kier molecular flexibility index (Phi) is 3.55. The van der Waals surface area contributed by atoms with E-state index >= 15 is 0 Å². The zero-order valence-electron chi connectivity index (χ0n) is 10.6. The number of rotatable bonds is 1. The fourth-order valence-electron chi connectivity index (χ4n) is 2.57. The molecule has 4 N–H and O–H groups in total. The zero-order chi connectivity index (χ0) is 14.3. The fourth-order valence-corrected chi connectivity index (χ4v) is 2.57. The fraction of sp³-hybridized carbons (Fsp3) is 0.500. The average molecular weight is 283 g/mol. The first kappa shape index (κ1) is 14.0. The summed E-state index contributed by atoms with van der Waals surface area (Å²) < 4.78 is 15.9. The van der Waals surface area contributed by atoms with Crippen LogP contribution >= 0.6 is 0 Å². The molecule has 3 unspecified atom stereocenters. The minimum Gasteiger partial charge on any atom is -0.555 e. The Morgan fingerprint density at radius 2 is 1.75 bits per heavy atom. The lowest BCUT2D eigenvalue weighted by molar-refractivity contribution is -0.296. The lowest BCUT2D eigenvalue weighted by atomic mass is 9.68. The second-order valence-corrected chi connectivity index (χ2v) is 5.06. The molecule has 0 saturated carbocycles. The largest absolute Gasteiger partial charge is 0.555 e. The van der Waals surface area contributed by atoms with Gasteiger partial charge < -0.3 is 34.4 Å². The lowest BCUT2D eigenvalue weighted by Crippen LogP contribution is -2.70. The zero-order valence-corrected chi connectivity index (χ0v) is 10.6. The van der Waals surface area contributed by atoms with Crippen LogP contribution in [-0.4, -0.2) is 64.4 Å². The molecule has 1 aromatic carbocycles. The van der Waals surface area contributed by atoms with Crippen molar-refractivity contribution in [3.8, 4) is 0 Å². The van der Waals surface area contributed by atoms with E-state index in [1.54, 1.807) is 30.3 Å². The smallest absolute Gasteiger partial charge is 0.407 e. The van der Waals surface area contributed by atoms with E-state index < -0.39 is 37.5 Å². The number of hydrogen-bond acceptors (Lipinski definition) is 7. The van der Waals surface area contributed by atoms with Gasteiger partial charge in [-0.05, 0) is 0 Å². The van der Waals surface area contributed by atoms with Gasteiger partial charge in [-0.25, -0.2) is 0 Å². The highest BCUT2D eigenvalue weighted by Crippen LogP contribution is 2.29. The second kappa shape index (κ2) is 5.08. The SMILES string of the molecule is OC1OC2CO[B-](O)(c3ccccc3)O[C@H]2[C@H](O)[C@@H]1O. The maximum Gasteiger partial charge on any atom is 0.407 e. The van der Waals surface area contributed by atoms with E-state index in [9.17, 15) is 20.3 Å². The highest BCUT2D eigenvalue weighted by atomic mass is 16.7. The van der Waals surface area contributed by atoms with Crippen molar-refractivity contribution in [3.63, 3.8) is 0 Å². The summed E-state index contributed by atoms with van der Waals surface area (Å²) in [6.45, 7) is -2.81. The molecule has 110 valence electrons. The first-order chi connectivity index (χ1) is 9.51. The van der Waals surface area contributed by atoms with Gasteiger partial charge in [0.15, 0.2) is 6.29 Å². The number of aliphatic hydroxyl groups excluding tert-OH is 3. The van der Waals surface area contributed by atoms with E-state index in [1.165, 1.54) is 0 Å². The van der Waals surface area contributed by atoms with E-state index in [0.29, 0.717) is 5.46 Å². The van der Waals surface area contributed by atoms with Gasteiger partial charge in [0, 0.05) is 6.61 Å². The Hall–Kier alpha value is -0.995. The Balaban J connectivity index is 1.84. The van der Waals surface area contributed by atoms with E-state index in [2.05, 4.69) is 0 Å². The van der Waals surface area contributed by atoms with Crippen molar-refractivity contribution in [2.45, 2.75) is 30.7 Å². The molecule has 0 aromatic heterocycles. The van der Waals surface area contributed by atoms with Crippen LogP contribution in [-0.2, 0) is 14.0 Å². The number of benzene rings is 1. The molecule has 2 aliphatic heterocycles. The van der Waals surface area contributed by atoms with Crippen molar-refractivity contribution in [1.82, 2.24) is 0 Å². The number of hydrogen-bond donors (Lipinski definition) is 4. The first-order valence-electron chi connectivity index (χ1n) is 6.44. The predicted molar refractivity (Wildman–Crippen MR) is 67.8 cm³/mol. The summed E-state index contributed by atoms with van der Waals surface area (Å²) in [5.74, 6) is 0. The van der Waals surface area contributed by atoms with Crippen LogP contribution < -0.4 is 5.46 Å². The summed E-state index contributed by atoms with van der Waals surface area (Å²) in [6, 6.07) is 8.51. The monoisotopic (exact) mass is 283 g/mol. The third-order valence-electron chi connectivity index (χ3n) is 3.71. The van der Waals surface area contributed by atoms with Gasteiger partial charge in [0.05, 0.1) is 6.10 Å². The number of ether oxygens (including phenoxy) is 1. The molecule has 3 rings (SSSR count). The summed E-state index contributed by atoms with van der Waals surface area (Å²) in [7, 11) is 0. The number of fused-ring (bicyclic) bond motifs is 1. The van der Waals surface area contributed by atoms with Crippen molar-refractivity contribution in [2.24, 2.45) is 0 Å². The van der Waals surface area contributed by atoms with Crippen LogP contribution in [0.25, 0.3) is 0 Å². The van der Waals surface area contributed by atoms with Crippen LogP contribution in [0.4, 0.5) is 0 Å². The molecule has 20 heavy (non-hydrogen) atoms.